The highest BCUT2D eigenvalue weighted by atomic mass is 16.4. The number of benzene rings is 2. The number of aryl methyl sites for hydroxylation is 1. The van der Waals surface area contributed by atoms with Gasteiger partial charge in [-0.2, -0.15) is 0 Å². The first-order chi connectivity index (χ1) is 10.6. The van der Waals surface area contributed by atoms with Gasteiger partial charge in [-0.05, 0) is 43.7 Å². The molecule has 3 aromatic rings. The summed E-state index contributed by atoms with van der Waals surface area (Å²) in [6, 6.07) is 14.5. The molecule has 4 heteroatoms. The van der Waals surface area contributed by atoms with Gasteiger partial charge in [0.25, 0.3) is 0 Å². The van der Waals surface area contributed by atoms with Crippen molar-refractivity contribution in [3.05, 3.63) is 70.1 Å². The molecule has 0 spiro atoms. The molecule has 0 unspecified atom stereocenters. The molecule has 1 N–H and O–H groups in total. The number of hydrogen-bond acceptors (Lipinski definition) is 4. The predicted octanol–water partition coefficient (Wildman–Crippen LogP) is 3.95. The summed E-state index contributed by atoms with van der Waals surface area (Å²) in [5, 5.41) is 10.9. The van der Waals surface area contributed by atoms with Crippen LogP contribution in [0.25, 0.3) is 11.0 Å². The first kappa shape index (κ1) is 14.1. The largest absolute Gasteiger partial charge is 0.506 e. The van der Waals surface area contributed by atoms with E-state index in [1.54, 1.807) is 31.2 Å². The fraction of sp³-hybridized carbons (Fsp3) is 0.111. The molecule has 0 aliphatic rings. The molecular weight excluding hydrogens is 278 g/mol. The van der Waals surface area contributed by atoms with Crippen molar-refractivity contribution in [1.82, 2.24) is 0 Å². The lowest BCUT2D eigenvalue weighted by atomic mass is 10.1. The highest BCUT2D eigenvalue weighted by Crippen LogP contribution is 2.27. The Morgan fingerprint density at radius 2 is 1.91 bits per heavy atom. The maximum Gasteiger partial charge on any atom is 0.349 e. The third-order valence-electron chi connectivity index (χ3n) is 3.45. The third-order valence-corrected chi connectivity index (χ3v) is 3.45. The van der Waals surface area contributed by atoms with Crippen molar-refractivity contribution in [3.8, 4) is 5.75 Å². The second kappa shape index (κ2) is 5.48. The van der Waals surface area contributed by atoms with Crippen LogP contribution in [0.3, 0.4) is 0 Å². The number of rotatable bonds is 2. The topological polar surface area (TPSA) is 62.8 Å². The SMILES string of the molecule is CC(=Nc1cccc(C)c1)c1c(O)c2ccccc2oc1=O. The minimum absolute atomic E-state index is 0.0965. The zero-order valence-corrected chi connectivity index (χ0v) is 12.3. The van der Waals surface area contributed by atoms with Crippen LogP contribution in [0.1, 0.15) is 18.1 Å². The Morgan fingerprint density at radius 1 is 1.14 bits per heavy atom. The van der Waals surface area contributed by atoms with Gasteiger partial charge < -0.3 is 9.52 Å². The quantitative estimate of drug-likeness (QED) is 0.575. The van der Waals surface area contributed by atoms with Gasteiger partial charge in [0.15, 0.2) is 0 Å². The van der Waals surface area contributed by atoms with Crippen LogP contribution >= 0.6 is 0 Å². The van der Waals surface area contributed by atoms with Crippen LogP contribution in [0.5, 0.6) is 5.75 Å². The van der Waals surface area contributed by atoms with Crippen molar-refractivity contribution in [1.29, 1.82) is 0 Å². The standard InChI is InChI=1S/C18H15NO3/c1-11-6-5-7-13(10-11)19-12(2)16-17(20)14-8-3-4-9-15(14)22-18(16)21/h3-10,20H,1-2H3. The van der Waals surface area contributed by atoms with Gasteiger partial charge in [-0.1, -0.05) is 24.3 Å². The molecule has 0 aliphatic heterocycles. The number of hydrogen-bond donors (Lipinski definition) is 1. The van der Waals surface area contributed by atoms with E-state index in [0.717, 1.165) is 11.3 Å². The Kier molecular flexibility index (Phi) is 3.51. The molecule has 2 aromatic carbocycles. The molecule has 110 valence electrons. The smallest absolute Gasteiger partial charge is 0.349 e. The molecule has 0 atom stereocenters. The molecule has 0 amide bonds. The number of nitrogens with zero attached hydrogens (tertiary/aromatic N) is 1. The molecule has 1 aromatic heterocycles. The highest BCUT2D eigenvalue weighted by Gasteiger charge is 2.16. The molecule has 1 heterocycles. The Hall–Kier alpha value is -2.88. The van der Waals surface area contributed by atoms with E-state index in [1.807, 2.05) is 31.2 Å². The zero-order chi connectivity index (χ0) is 15.7. The lowest BCUT2D eigenvalue weighted by Crippen LogP contribution is -2.12. The van der Waals surface area contributed by atoms with Crippen LogP contribution in [0.2, 0.25) is 0 Å². The summed E-state index contributed by atoms with van der Waals surface area (Å²) in [4.78, 5) is 16.6. The second-order valence-corrected chi connectivity index (χ2v) is 5.15. The van der Waals surface area contributed by atoms with Gasteiger partial charge in [0.2, 0.25) is 0 Å². The predicted molar refractivity (Wildman–Crippen MR) is 87.2 cm³/mol. The third kappa shape index (κ3) is 2.51. The van der Waals surface area contributed by atoms with Crippen molar-refractivity contribution < 1.29 is 9.52 Å². The maximum atomic E-state index is 12.1. The van der Waals surface area contributed by atoms with Crippen LogP contribution in [-0.4, -0.2) is 10.8 Å². The Bertz CT molecular complexity index is 938. The first-order valence-corrected chi connectivity index (χ1v) is 6.93. The zero-order valence-electron chi connectivity index (χ0n) is 12.3. The molecular formula is C18H15NO3. The van der Waals surface area contributed by atoms with Gasteiger partial charge >= 0.3 is 5.63 Å². The van der Waals surface area contributed by atoms with E-state index in [0.29, 0.717) is 16.7 Å². The van der Waals surface area contributed by atoms with Crippen LogP contribution in [0.4, 0.5) is 5.69 Å². The molecule has 0 bridgehead atoms. The monoisotopic (exact) mass is 293 g/mol. The number of aliphatic imine (C=N–C) groups is 1. The normalized spacial score (nSPS) is 11.8. The van der Waals surface area contributed by atoms with Crippen molar-refractivity contribution >= 4 is 22.4 Å². The molecule has 4 nitrogen and oxygen atoms in total. The fourth-order valence-electron chi connectivity index (χ4n) is 2.40. The van der Waals surface area contributed by atoms with E-state index in [2.05, 4.69) is 4.99 Å². The number of aromatic hydroxyl groups is 1. The minimum atomic E-state index is -0.592. The maximum absolute atomic E-state index is 12.1. The summed E-state index contributed by atoms with van der Waals surface area (Å²) in [6.45, 7) is 3.65. The second-order valence-electron chi connectivity index (χ2n) is 5.15. The van der Waals surface area contributed by atoms with E-state index < -0.39 is 5.63 Å². The average Bonchev–Trinajstić information content (AvgIpc) is 2.47. The van der Waals surface area contributed by atoms with E-state index in [4.69, 9.17) is 4.42 Å². The van der Waals surface area contributed by atoms with Crippen molar-refractivity contribution in [2.45, 2.75) is 13.8 Å². The molecule has 0 saturated heterocycles. The van der Waals surface area contributed by atoms with Gasteiger partial charge in [0.1, 0.15) is 16.9 Å². The molecule has 0 radical (unpaired) electrons. The first-order valence-electron chi connectivity index (χ1n) is 6.93. The lowest BCUT2D eigenvalue weighted by molar-refractivity contribution is 0.466. The van der Waals surface area contributed by atoms with Gasteiger partial charge in [0, 0.05) is 0 Å². The van der Waals surface area contributed by atoms with Gasteiger partial charge in [0.05, 0.1) is 16.8 Å². The van der Waals surface area contributed by atoms with Crippen LogP contribution in [-0.2, 0) is 0 Å². The summed E-state index contributed by atoms with van der Waals surface area (Å²) in [5.41, 5.74) is 2.08. The van der Waals surface area contributed by atoms with E-state index >= 15 is 0 Å². The van der Waals surface area contributed by atoms with E-state index in [9.17, 15) is 9.90 Å². The lowest BCUT2D eigenvalue weighted by Gasteiger charge is -2.06. The summed E-state index contributed by atoms with van der Waals surface area (Å²) in [6.07, 6.45) is 0. The summed E-state index contributed by atoms with van der Waals surface area (Å²) >= 11 is 0. The summed E-state index contributed by atoms with van der Waals surface area (Å²) in [7, 11) is 0. The molecule has 0 fully saturated rings. The summed E-state index contributed by atoms with van der Waals surface area (Å²) < 4.78 is 5.26. The Morgan fingerprint density at radius 3 is 2.68 bits per heavy atom. The number of fused-ring (bicyclic) bond motifs is 1. The van der Waals surface area contributed by atoms with Crippen LogP contribution in [0.15, 0.2) is 62.7 Å². The summed E-state index contributed by atoms with van der Waals surface area (Å²) in [5.74, 6) is -0.0965. The van der Waals surface area contributed by atoms with E-state index in [1.165, 1.54) is 0 Å². The van der Waals surface area contributed by atoms with Gasteiger partial charge in [-0.15, -0.1) is 0 Å². The average molecular weight is 293 g/mol. The highest BCUT2D eigenvalue weighted by molar-refractivity contribution is 6.05. The van der Waals surface area contributed by atoms with Crippen LogP contribution < -0.4 is 5.63 Å². The van der Waals surface area contributed by atoms with Gasteiger partial charge in [-0.3, -0.25) is 4.99 Å². The van der Waals surface area contributed by atoms with Gasteiger partial charge in [-0.25, -0.2) is 4.79 Å². The molecule has 3 rings (SSSR count). The minimum Gasteiger partial charge on any atom is -0.506 e. The Labute approximate surface area is 127 Å². The Balaban J connectivity index is 2.19. The molecule has 0 aliphatic carbocycles. The van der Waals surface area contributed by atoms with Crippen molar-refractivity contribution in [3.63, 3.8) is 0 Å². The fourth-order valence-corrected chi connectivity index (χ4v) is 2.40. The van der Waals surface area contributed by atoms with Crippen molar-refractivity contribution in [2.24, 2.45) is 4.99 Å². The molecule has 0 saturated carbocycles. The van der Waals surface area contributed by atoms with E-state index in [-0.39, 0.29) is 11.3 Å². The number of para-hydroxylation sites is 1. The van der Waals surface area contributed by atoms with Crippen molar-refractivity contribution in [2.75, 3.05) is 0 Å². The molecule has 22 heavy (non-hydrogen) atoms. The van der Waals surface area contributed by atoms with Crippen LogP contribution in [0, 0.1) is 6.92 Å².